The molecule has 3 rings (SSSR count). The Hall–Kier alpha value is -2.03. The van der Waals surface area contributed by atoms with Gasteiger partial charge in [-0.05, 0) is 50.2 Å². The Balaban J connectivity index is 2.00. The second-order valence-electron chi connectivity index (χ2n) is 5.35. The first kappa shape index (κ1) is 15.9. The molecule has 0 N–H and O–H groups in total. The summed E-state index contributed by atoms with van der Waals surface area (Å²) in [5, 5.41) is 1.37. The van der Waals surface area contributed by atoms with Crippen LogP contribution in [-0.4, -0.2) is 10.8 Å². The number of benzene rings is 2. The molecule has 0 unspecified atom stereocenters. The van der Waals surface area contributed by atoms with E-state index >= 15 is 0 Å². The number of halogens is 2. The Bertz CT molecular complexity index is 879. The fourth-order valence-corrected chi connectivity index (χ4v) is 3.00. The van der Waals surface area contributed by atoms with Gasteiger partial charge in [0.25, 0.3) is 0 Å². The smallest absolute Gasteiger partial charge is 0.0816 e. The average Bonchev–Trinajstić information content (AvgIpc) is 2.81. The third-order valence-electron chi connectivity index (χ3n) is 3.73. The minimum absolute atomic E-state index is 0.646. The lowest BCUT2D eigenvalue weighted by Crippen LogP contribution is -1.99. The van der Waals surface area contributed by atoms with Crippen molar-refractivity contribution in [1.29, 1.82) is 0 Å². The van der Waals surface area contributed by atoms with Crippen LogP contribution in [-0.2, 0) is 0 Å². The maximum absolute atomic E-state index is 6.15. The Morgan fingerprint density at radius 2 is 1.74 bits per heavy atom. The van der Waals surface area contributed by atoms with E-state index < -0.39 is 0 Å². The van der Waals surface area contributed by atoms with Crippen LogP contribution in [0.4, 0.5) is 5.69 Å². The first-order chi connectivity index (χ1) is 11.1. The highest BCUT2D eigenvalue weighted by Crippen LogP contribution is 2.25. The van der Waals surface area contributed by atoms with Gasteiger partial charge in [0.05, 0.1) is 10.7 Å². The second kappa shape index (κ2) is 6.61. The number of hydrogen-bond donors (Lipinski definition) is 0. The van der Waals surface area contributed by atoms with Crippen molar-refractivity contribution in [3.05, 3.63) is 81.6 Å². The molecule has 0 spiro atoms. The molecule has 0 saturated carbocycles. The molecule has 3 aromatic rings. The van der Waals surface area contributed by atoms with Crippen molar-refractivity contribution in [2.45, 2.75) is 13.8 Å². The van der Waals surface area contributed by atoms with Crippen LogP contribution in [0.2, 0.25) is 10.0 Å². The maximum Gasteiger partial charge on any atom is 0.0816 e. The van der Waals surface area contributed by atoms with E-state index in [1.165, 1.54) is 0 Å². The average molecular weight is 343 g/mol. The van der Waals surface area contributed by atoms with Gasteiger partial charge >= 0.3 is 0 Å². The van der Waals surface area contributed by atoms with Crippen molar-refractivity contribution in [3.63, 3.8) is 0 Å². The van der Waals surface area contributed by atoms with Gasteiger partial charge in [-0.1, -0.05) is 41.4 Å². The molecule has 0 aliphatic heterocycles. The summed E-state index contributed by atoms with van der Waals surface area (Å²) in [4.78, 5) is 4.51. The lowest BCUT2D eigenvalue weighted by molar-refractivity contribution is 0.965. The van der Waals surface area contributed by atoms with Crippen molar-refractivity contribution in [2.75, 3.05) is 0 Å². The van der Waals surface area contributed by atoms with Crippen LogP contribution in [0.3, 0.4) is 0 Å². The van der Waals surface area contributed by atoms with Gasteiger partial charge in [-0.15, -0.1) is 0 Å². The zero-order chi connectivity index (χ0) is 16.4. The fourth-order valence-electron chi connectivity index (χ4n) is 2.63. The summed E-state index contributed by atoms with van der Waals surface area (Å²) in [6.07, 6.45) is 1.85. The van der Waals surface area contributed by atoms with E-state index in [1.54, 1.807) is 0 Å². The van der Waals surface area contributed by atoms with Gasteiger partial charge in [0, 0.05) is 33.9 Å². The molecule has 0 atom stereocenters. The Labute approximate surface area is 146 Å². The molecular formula is C19H16Cl2N2. The van der Waals surface area contributed by atoms with E-state index in [-0.39, 0.29) is 0 Å². The molecule has 0 fully saturated rings. The molecule has 0 amide bonds. The highest BCUT2D eigenvalue weighted by molar-refractivity contribution is 6.33. The van der Waals surface area contributed by atoms with Crippen LogP contribution < -0.4 is 0 Å². The lowest BCUT2D eigenvalue weighted by atomic mass is 10.2. The molecule has 0 aliphatic carbocycles. The summed E-state index contributed by atoms with van der Waals surface area (Å²) in [5.74, 6) is 0. The van der Waals surface area contributed by atoms with Gasteiger partial charge < -0.3 is 4.57 Å². The minimum Gasteiger partial charge on any atom is -0.318 e. The number of aryl methyl sites for hydroxylation is 1. The zero-order valence-corrected chi connectivity index (χ0v) is 14.4. The van der Waals surface area contributed by atoms with Crippen molar-refractivity contribution in [3.8, 4) is 5.69 Å². The molecule has 0 bridgehead atoms. The topological polar surface area (TPSA) is 17.3 Å². The maximum atomic E-state index is 6.15. The first-order valence-electron chi connectivity index (χ1n) is 7.30. The quantitative estimate of drug-likeness (QED) is 0.507. The number of para-hydroxylation sites is 1. The largest absolute Gasteiger partial charge is 0.318 e. The zero-order valence-electron chi connectivity index (χ0n) is 12.9. The molecule has 4 heteroatoms. The van der Waals surface area contributed by atoms with E-state index in [4.69, 9.17) is 23.2 Å². The molecule has 116 valence electrons. The third-order valence-corrected chi connectivity index (χ3v) is 4.29. The van der Waals surface area contributed by atoms with Gasteiger partial charge in [-0.2, -0.15) is 0 Å². The van der Waals surface area contributed by atoms with Crippen LogP contribution in [0.1, 0.15) is 17.0 Å². The summed E-state index contributed by atoms with van der Waals surface area (Å²) in [5.41, 5.74) is 5.11. The highest BCUT2D eigenvalue weighted by Gasteiger charge is 2.09. The highest BCUT2D eigenvalue weighted by atomic mass is 35.5. The molecule has 2 aromatic carbocycles. The molecule has 2 nitrogen and oxygen atoms in total. The van der Waals surface area contributed by atoms with Crippen molar-refractivity contribution in [2.24, 2.45) is 4.99 Å². The van der Waals surface area contributed by atoms with Crippen molar-refractivity contribution >= 4 is 35.1 Å². The Morgan fingerprint density at radius 1 is 0.957 bits per heavy atom. The number of rotatable bonds is 3. The summed E-state index contributed by atoms with van der Waals surface area (Å²) in [6.45, 7) is 4.14. The molecule has 0 aliphatic rings. The van der Waals surface area contributed by atoms with E-state index in [2.05, 4.69) is 29.5 Å². The molecule has 1 heterocycles. The molecule has 0 saturated heterocycles. The number of aliphatic imine (C=N–C) groups is 1. The minimum atomic E-state index is 0.646. The molecular weight excluding hydrogens is 327 g/mol. The number of aromatic nitrogens is 1. The number of hydrogen-bond acceptors (Lipinski definition) is 1. The first-order valence-corrected chi connectivity index (χ1v) is 8.05. The van der Waals surface area contributed by atoms with E-state index in [1.807, 2.05) is 54.7 Å². The van der Waals surface area contributed by atoms with E-state index in [0.717, 1.165) is 33.3 Å². The molecule has 0 radical (unpaired) electrons. The lowest BCUT2D eigenvalue weighted by Gasteiger charge is -2.09. The summed E-state index contributed by atoms with van der Waals surface area (Å²) < 4.78 is 2.17. The number of nitrogens with zero attached hydrogens (tertiary/aromatic N) is 2. The predicted octanol–water partition coefficient (Wildman–Crippen LogP) is 6.15. The Kier molecular flexibility index (Phi) is 4.56. The van der Waals surface area contributed by atoms with Gasteiger partial charge in [0.15, 0.2) is 0 Å². The van der Waals surface area contributed by atoms with Gasteiger partial charge in [0.1, 0.15) is 0 Å². The van der Waals surface area contributed by atoms with Crippen LogP contribution in [0.5, 0.6) is 0 Å². The predicted molar refractivity (Wildman–Crippen MR) is 99.0 cm³/mol. The van der Waals surface area contributed by atoms with E-state index in [9.17, 15) is 0 Å². The molecule has 1 aromatic heterocycles. The standard InChI is InChI=1S/C19H16Cl2N2/c1-13-10-15(12-22-19-9-4-3-8-18(19)21)14(2)23(13)17-7-5-6-16(20)11-17/h3-12H,1-2H3. The summed E-state index contributed by atoms with van der Waals surface area (Å²) >= 11 is 12.3. The van der Waals surface area contributed by atoms with Crippen LogP contribution in [0, 0.1) is 13.8 Å². The Morgan fingerprint density at radius 3 is 2.48 bits per heavy atom. The van der Waals surface area contributed by atoms with E-state index in [0.29, 0.717) is 5.02 Å². The van der Waals surface area contributed by atoms with Crippen LogP contribution in [0.25, 0.3) is 5.69 Å². The second-order valence-corrected chi connectivity index (χ2v) is 6.19. The van der Waals surface area contributed by atoms with Gasteiger partial charge in [-0.25, -0.2) is 0 Å². The van der Waals surface area contributed by atoms with Gasteiger partial charge in [-0.3, -0.25) is 4.99 Å². The van der Waals surface area contributed by atoms with Crippen molar-refractivity contribution < 1.29 is 0 Å². The van der Waals surface area contributed by atoms with Crippen LogP contribution >= 0.6 is 23.2 Å². The van der Waals surface area contributed by atoms with Crippen molar-refractivity contribution in [1.82, 2.24) is 4.57 Å². The fraction of sp³-hybridized carbons (Fsp3) is 0.105. The monoisotopic (exact) mass is 342 g/mol. The SMILES string of the molecule is Cc1cc(C=Nc2ccccc2Cl)c(C)n1-c1cccc(Cl)c1. The molecule has 23 heavy (non-hydrogen) atoms. The van der Waals surface area contributed by atoms with Crippen LogP contribution in [0.15, 0.2) is 59.6 Å². The summed E-state index contributed by atoms with van der Waals surface area (Å²) in [6, 6.07) is 17.5. The third kappa shape index (κ3) is 3.34. The summed E-state index contributed by atoms with van der Waals surface area (Å²) in [7, 11) is 0. The van der Waals surface area contributed by atoms with Gasteiger partial charge in [0.2, 0.25) is 0 Å². The normalized spacial score (nSPS) is 11.3.